The van der Waals surface area contributed by atoms with Crippen LogP contribution in [0, 0.1) is 16.7 Å². The van der Waals surface area contributed by atoms with Gasteiger partial charge in [0.05, 0.1) is 0 Å². The zero-order chi connectivity index (χ0) is 15.5. The molecule has 0 atom stereocenters. The van der Waals surface area contributed by atoms with Gasteiger partial charge in [-0.3, -0.25) is 0 Å². The zero-order valence-electron chi connectivity index (χ0n) is 15.7. The van der Waals surface area contributed by atoms with E-state index in [-0.39, 0.29) is 12.4 Å². The van der Waals surface area contributed by atoms with Crippen LogP contribution in [-0.4, -0.2) is 50.1 Å². The second kappa shape index (κ2) is 8.35. The summed E-state index contributed by atoms with van der Waals surface area (Å²) in [4.78, 5) is 5.02. The van der Waals surface area contributed by atoms with Crippen molar-refractivity contribution in [3.63, 3.8) is 0 Å². The van der Waals surface area contributed by atoms with Crippen LogP contribution in [-0.2, 0) is 0 Å². The van der Waals surface area contributed by atoms with Crippen LogP contribution < -0.4 is 0 Å². The molecular weight excluding hydrogens is 292 g/mol. The van der Waals surface area contributed by atoms with E-state index in [0.717, 1.165) is 11.3 Å². The summed E-state index contributed by atoms with van der Waals surface area (Å²) >= 11 is 0. The molecule has 0 aromatic heterocycles. The Hall–Kier alpha value is 0.210. The number of piperidine rings is 1. The van der Waals surface area contributed by atoms with E-state index in [1.807, 2.05) is 0 Å². The highest BCUT2D eigenvalue weighted by molar-refractivity contribution is 5.85. The van der Waals surface area contributed by atoms with Gasteiger partial charge in [-0.1, -0.05) is 20.8 Å². The van der Waals surface area contributed by atoms with Gasteiger partial charge >= 0.3 is 0 Å². The van der Waals surface area contributed by atoms with Crippen LogP contribution in [0.15, 0.2) is 0 Å². The lowest BCUT2D eigenvalue weighted by molar-refractivity contribution is 0.0280. The van der Waals surface area contributed by atoms with E-state index >= 15 is 0 Å². The van der Waals surface area contributed by atoms with Crippen LogP contribution in [0.2, 0.25) is 0 Å². The quantitative estimate of drug-likeness (QED) is 0.738. The van der Waals surface area contributed by atoms with E-state index < -0.39 is 0 Å². The molecule has 0 bridgehead atoms. The molecule has 1 aliphatic carbocycles. The summed E-state index contributed by atoms with van der Waals surface area (Å²) in [5, 5.41) is 0. The fourth-order valence-electron chi connectivity index (χ4n) is 4.46. The van der Waals surface area contributed by atoms with Gasteiger partial charge in [-0.25, -0.2) is 0 Å². The number of hydrogen-bond acceptors (Lipinski definition) is 2. The van der Waals surface area contributed by atoms with E-state index in [2.05, 4.69) is 44.7 Å². The van der Waals surface area contributed by atoms with Crippen molar-refractivity contribution in [3.8, 4) is 0 Å². The van der Waals surface area contributed by atoms with Crippen molar-refractivity contribution in [2.45, 2.75) is 65.7 Å². The van der Waals surface area contributed by atoms with Crippen LogP contribution >= 0.6 is 12.4 Å². The van der Waals surface area contributed by atoms with Crippen LogP contribution in [0.4, 0.5) is 0 Å². The molecule has 1 aliphatic heterocycles. The van der Waals surface area contributed by atoms with E-state index in [0.29, 0.717) is 5.41 Å². The minimum Gasteiger partial charge on any atom is -0.309 e. The summed E-state index contributed by atoms with van der Waals surface area (Å²) in [6, 6.07) is 0. The standard InChI is InChI=1S/C19H38N2.ClH/c1-18(2,3)17-7-9-19(10-8-17)11-15-21(16-12-19)14-6-13-20(4)5;/h17H,6-16H2,1-5H3;1H. The van der Waals surface area contributed by atoms with Crippen molar-refractivity contribution in [1.29, 1.82) is 0 Å². The van der Waals surface area contributed by atoms with Gasteiger partial charge < -0.3 is 9.80 Å². The average Bonchev–Trinajstić information content (AvgIpc) is 2.40. The first-order chi connectivity index (χ1) is 9.81. The Morgan fingerprint density at radius 3 is 2.00 bits per heavy atom. The summed E-state index contributed by atoms with van der Waals surface area (Å²) in [6.07, 6.45) is 10.2. The minimum absolute atomic E-state index is 0. The molecule has 0 radical (unpaired) electrons. The highest BCUT2D eigenvalue weighted by Crippen LogP contribution is 2.50. The third-order valence-corrected chi connectivity index (χ3v) is 6.27. The largest absolute Gasteiger partial charge is 0.309 e. The zero-order valence-corrected chi connectivity index (χ0v) is 16.5. The molecule has 2 nitrogen and oxygen atoms in total. The Morgan fingerprint density at radius 1 is 1.00 bits per heavy atom. The molecule has 2 aliphatic rings. The van der Waals surface area contributed by atoms with Gasteiger partial charge in [-0.2, -0.15) is 0 Å². The minimum atomic E-state index is 0. The Kier molecular flexibility index (Phi) is 7.69. The van der Waals surface area contributed by atoms with E-state index in [9.17, 15) is 0 Å². The van der Waals surface area contributed by atoms with Crippen LogP contribution in [0.25, 0.3) is 0 Å². The molecule has 0 unspecified atom stereocenters. The maximum Gasteiger partial charge on any atom is -0.000654 e. The molecule has 1 heterocycles. The summed E-state index contributed by atoms with van der Waals surface area (Å²) in [5.74, 6) is 0.959. The molecule has 0 amide bonds. The number of nitrogens with zero attached hydrogens (tertiary/aromatic N) is 2. The van der Waals surface area contributed by atoms with Crippen LogP contribution in [0.3, 0.4) is 0 Å². The lowest BCUT2D eigenvalue weighted by Crippen LogP contribution is -2.43. The van der Waals surface area contributed by atoms with Gasteiger partial charge in [0, 0.05) is 0 Å². The number of halogens is 1. The highest BCUT2D eigenvalue weighted by Gasteiger charge is 2.40. The van der Waals surface area contributed by atoms with Crippen molar-refractivity contribution in [1.82, 2.24) is 9.80 Å². The third-order valence-electron chi connectivity index (χ3n) is 6.27. The summed E-state index contributed by atoms with van der Waals surface area (Å²) in [6.45, 7) is 12.5. The molecule has 1 saturated carbocycles. The lowest BCUT2D eigenvalue weighted by Gasteiger charge is -2.48. The van der Waals surface area contributed by atoms with E-state index in [4.69, 9.17) is 0 Å². The van der Waals surface area contributed by atoms with Gasteiger partial charge in [0.15, 0.2) is 0 Å². The third kappa shape index (κ3) is 5.69. The average molecular weight is 331 g/mol. The molecule has 2 rings (SSSR count). The Bertz CT molecular complexity index is 304. The molecule has 22 heavy (non-hydrogen) atoms. The summed E-state index contributed by atoms with van der Waals surface area (Å²) < 4.78 is 0. The highest BCUT2D eigenvalue weighted by atomic mass is 35.5. The van der Waals surface area contributed by atoms with Crippen molar-refractivity contribution >= 4 is 12.4 Å². The molecule has 0 N–H and O–H groups in total. The van der Waals surface area contributed by atoms with Gasteiger partial charge in [-0.05, 0) is 102 Å². The maximum absolute atomic E-state index is 2.71. The van der Waals surface area contributed by atoms with Gasteiger partial charge in [-0.15, -0.1) is 12.4 Å². The topological polar surface area (TPSA) is 6.48 Å². The Morgan fingerprint density at radius 2 is 1.55 bits per heavy atom. The fourth-order valence-corrected chi connectivity index (χ4v) is 4.46. The fraction of sp³-hybridized carbons (Fsp3) is 1.00. The summed E-state index contributed by atoms with van der Waals surface area (Å²) in [5.41, 5.74) is 1.24. The normalized spacial score (nSPS) is 23.7. The first-order valence-electron chi connectivity index (χ1n) is 9.18. The Labute approximate surface area is 145 Å². The summed E-state index contributed by atoms with van der Waals surface area (Å²) in [7, 11) is 4.36. The lowest BCUT2D eigenvalue weighted by atomic mass is 9.61. The second-order valence-electron chi connectivity index (χ2n) is 9.14. The number of hydrogen-bond donors (Lipinski definition) is 0. The van der Waals surface area contributed by atoms with Crippen molar-refractivity contribution < 1.29 is 0 Å². The predicted molar refractivity (Wildman–Crippen MR) is 99.9 cm³/mol. The molecule has 3 heteroatoms. The van der Waals surface area contributed by atoms with E-state index in [1.165, 1.54) is 71.1 Å². The molecule has 1 spiro atoms. The van der Waals surface area contributed by atoms with Gasteiger partial charge in [0.2, 0.25) is 0 Å². The van der Waals surface area contributed by atoms with Crippen LogP contribution in [0.5, 0.6) is 0 Å². The van der Waals surface area contributed by atoms with Gasteiger partial charge in [0.25, 0.3) is 0 Å². The molecular formula is C19H39ClN2. The molecule has 0 aromatic carbocycles. The molecule has 132 valence electrons. The number of likely N-dealkylation sites (tertiary alicyclic amines) is 1. The maximum atomic E-state index is 2.71. The smallest absolute Gasteiger partial charge is 0.000654 e. The predicted octanol–water partition coefficient (Wildman–Crippen LogP) is 4.68. The van der Waals surface area contributed by atoms with Gasteiger partial charge in [0.1, 0.15) is 0 Å². The molecule has 2 fully saturated rings. The van der Waals surface area contributed by atoms with Crippen LogP contribution in [0.1, 0.15) is 65.7 Å². The second-order valence-corrected chi connectivity index (χ2v) is 9.14. The SMILES string of the molecule is CN(C)CCCN1CCC2(CCC(C(C)(C)C)CC2)CC1.Cl. The molecule has 1 saturated heterocycles. The van der Waals surface area contributed by atoms with E-state index in [1.54, 1.807) is 0 Å². The Balaban J connectivity index is 0.00000242. The number of rotatable bonds is 4. The molecule has 0 aromatic rings. The monoisotopic (exact) mass is 330 g/mol. The van der Waals surface area contributed by atoms with Crippen molar-refractivity contribution in [3.05, 3.63) is 0 Å². The van der Waals surface area contributed by atoms with Crippen molar-refractivity contribution in [2.24, 2.45) is 16.7 Å². The first kappa shape index (κ1) is 20.3. The van der Waals surface area contributed by atoms with Crippen molar-refractivity contribution in [2.75, 3.05) is 40.3 Å². The first-order valence-corrected chi connectivity index (χ1v) is 9.18.